The van der Waals surface area contributed by atoms with Crippen LogP contribution in [-0.4, -0.2) is 54.5 Å². The van der Waals surface area contributed by atoms with Crippen LogP contribution in [0.25, 0.3) is 0 Å². The lowest BCUT2D eigenvalue weighted by Crippen LogP contribution is -2.41. The zero-order valence-corrected chi connectivity index (χ0v) is 19.4. The number of carboxylic acid groups (broad SMARTS) is 1. The van der Waals surface area contributed by atoms with E-state index in [0.717, 1.165) is 25.3 Å². The Morgan fingerprint density at radius 3 is 2.52 bits per heavy atom. The van der Waals surface area contributed by atoms with Crippen LogP contribution in [0, 0.1) is 18.7 Å². The number of hydrogen-bond acceptors (Lipinski definition) is 6. The Morgan fingerprint density at radius 2 is 1.91 bits per heavy atom. The standard InChI is InChI=1S/C22H32FN5O5/c1-12-17(25-14-5-6-14)15(19(29)26-27-20(30)31)9-16(23)18(12)28-8-7-13(11-28)10-24-21(32)33-22(2,3)4/h9,13-14,25,27H,5-8,10-11H2,1-4H3,(H,24,32)(H,26,29)(H,30,31). The Balaban J connectivity index is 1.74. The van der Waals surface area contributed by atoms with Crippen LogP contribution in [0.1, 0.15) is 56.0 Å². The normalized spacial score (nSPS) is 18.0. The van der Waals surface area contributed by atoms with Crippen molar-refractivity contribution in [1.82, 2.24) is 16.2 Å². The van der Waals surface area contributed by atoms with Gasteiger partial charge in [0.2, 0.25) is 0 Å². The molecule has 0 spiro atoms. The molecule has 1 heterocycles. The van der Waals surface area contributed by atoms with Crippen LogP contribution in [0.15, 0.2) is 6.07 Å². The van der Waals surface area contributed by atoms with E-state index < -0.39 is 29.5 Å². The maximum atomic E-state index is 15.2. The number of amides is 3. The molecule has 10 nitrogen and oxygen atoms in total. The van der Waals surface area contributed by atoms with Gasteiger partial charge in [-0.15, -0.1) is 0 Å². The minimum absolute atomic E-state index is 0.0386. The van der Waals surface area contributed by atoms with Crippen molar-refractivity contribution in [2.24, 2.45) is 5.92 Å². The SMILES string of the molecule is Cc1c(NC2CC2)c(C(=O)NNC(=O)O)cc(F)c1N1CCC(CNC(=O)OC(C)(C)C)C1. The van der Waals surface area contributed by atoms with Crippen molar-refractivity contribution in [2.45, 2.75) is 58.6 Å². The summed E-state index contributed by atoms with van der Waals surface area (Å²) in [5, 5.41) is 14.8. The van der Waals surface area contributed by atoms with Crippen LogP contribution in [-0.2, 0) is 4.74 Å². The quantitative estimate of drug-likeness (QED) is 0.408. The zero-order valence-electron chi connectivity index (χ0n) is 19.4. The first-order chi connectivity index (χ1) is 15.4. The molecule has 1 aliphatic heterocycles. The maximum Gasteiger partial charge on any atom is 0.423 e. The number of benzene rings is 1. The van der Waals surface area contributed by atoms with Crippen LogP contribution >= 0.6 is 0 Å². The second kappa shape index (κ2) is 9.72. The molecule has 11 heteroatoms. The lowest BCUT2D eigenvalue weighted by atomic mass is 10.0. The molecule has 2 aliphatic rings. The molecular formula is C22H32FN5O5. The van der Waals surface area contributed by atoms with Gasteiger partial charge in [0.1, 0.15) is 11.4 Å². The van der Waals surface area contributed by atoms with Gasteiger partial charge in [-0.2, -0.15) is 0 Å². The fraction of sp³-hybridized carbons (Fsp3) is 0.591. The predicted molar refractivity (Wildman–Crippen MR) is 121 cm³/mol. The second-order valence-corrected chi connectivity index (χ2v) is 9.54. The number of nitrogens with zero attached hydrogens (tertiary/aromatic N) is 1. The summed E-state index contributed by atoms with van der Waals surface area (Å²) >= 11 is 0. The first-order valence-corrected chi connectivity index (χ1v) is 11.1. The van der Waals surface area contributed by atoms with E-state index in [-0.39, 0.29) is 17.5 Å². The molecule has 1 saturated carbocycles. The summed E-state index contributed by atoms with van der Waals surface area (Å²) in [5.41, 5.74) is 4.81. The molecule has 2 fully saturated rings. The fourth-order valence-electron chi connectivity index (χ4n) is 3.87. The highest BCUT2D eigenvalue weighted by atomic mass is 19.1. The van der Waals surface area contributed by atoms with Crippen LogP contribution in [0.2, 0.25) is 0 Å². The molecule has 33 heavy (non-hydrogen) atoms. The zero-order chi connectivity index (χ0) is 24.3. The van der Waals surface area contributed by atoms with E-state index >= 15 is 4.39 Å². The summed E-state index contributed by atoms with van der Waals surface area (Å²) in [6.45, 7) is 8.70. The van der Waals surface area contributed by atoms with E-state index in [1.54, 1.807) is 33.1 Å². The number of hydrazine groups is 1. The van der Waals surface area contributed by atoms with E-state index in [2.05, 4.69) is 16.1 Å². The Labute approximate surface area is 192 Å². The van der Waals surface area contributed by atoms with E-state index in [1.807, 2.05) is 4.90 Å². The number of rotatable bonds is 6. The third kappa shape index (κ3) is 6.62. The highest BCUT2D eigenvalue weighted by molar-refractivity contribution is 6.02. The van der Waals surface area contributed by atoms with Crippen molar-refractivity contribution in [3.8, 4) is 0 Å². The first-order valence-electron chi connectivity index (χ1n) is 11.1. The monoisotopic (exact) mass is 465 g/mol. The highest BCUT2D eigenvalue weighted by Crippen LogP contribution is 2.38. The van der Waals surface area contributed by atoms with Crippen LogP contribution in [0.4, 0.5) is 25.4 Å². The number of hydrogen-bond donors (Lipinski definition) is 5. The molecule has 1 aromatic carbocycles. The van der Waals surface area contributed by atoms with Gasteiger partial charge in [0.25, 0.3) is 5.91 Å². The molecule has 0 bridgehead atoms. The number of ether oxygens (including phenoxy) is 1. The van der Waals surface area contributed by atoms with Gasteiger partial charge >= 0.3 is 12.2 Å². The van der Waals surface area contributed by atoms with Crippen LogP contribution < -0.4 is 26.4 Å². The average Bonchev–Trinajstić information content (AvgIpc) is 3.41. The van der Waals surface area contributed by atoms with Crippen molar-refractivity contribution < 1.29 is 28.6 Å². The average molecular weight is 466 g/mol. The Bertz CT molecular complexity index is 929. The molecule has 0 aromatic heterocycles. The summed E-state index contributed by atoms with van der Waals surface area (Å²) in [6.07, 6.45) is 0.762. The van der Waals surface area contributed by atoms with Gasteiger partial charge in [-0.25, -0.2) is 19.4 Å². The summed E-state index contributed by atoms with van der Waals surface area (Å²) in [6, 6.07) is 1.34. The van der Waals surface area contributed by atoms with Crippen LogP contribution in [0.3, 0.4) is 0 Å². The molecule has 5 N–H and O–H groups in total. The largest absolute Gasteiger partial charge is 0.464 e. The summed E-state index contributed by atoms with van der Waals surface area (Å²) in [4.78, 5) is 37.1. The van der Waals surface area contributed by atoms with E-state index in [9.17, 15) is 14.4 Å². The third-order valence-electron chi connectivity index (χ3n) is 5.49. The lowest BCUT2D eigenvalue weighted by molar-refractivity contribution is 0.0520. The summed E-state index contributed by atoms with van der Waals surface area (Å²) in [7, 11) is 0. The molecule has 3 rings (SSSR count). The summed E-state index contributed by atoms with van der Waals surface area (Å²) in [5.74, 6) is -1.18. The number of carbonyl (C=O) groups is 3. The number of alkyl carbamates (subject to hydrolysis) is 1. The molecule has 0 radical (unpaired) electrons. The number of anilines is 2. The number of carbonyl (C=O) groups excluding carboxylic acids is 2. The molecule has 1 aromatic rings. The maximum absolute atomic E-state index is 15.2. The van der Waals surface area contributed by atoms with Gasteiger partial charge in [0.05, 0.1) is 16.9 Å². The van der Waals surface area contributed by atoms with Crippen molar-refractivity contribution in [3.63, 3.8) is 0 Å². The van der Waals surface area contributed by atoms with Gasteiger partial charge in [-0.1, -0.05) is 0 Å². The van der Waals surface area contributed by atoms with Gasteiger partial charge < -0.3 is 25.4 Å². The molecule has 1 unspecified atom stereocenters. The van der Waals surface area contributed by atoms with Crippen molar-refractivity contribution in [3.05, 3.63) is 23.0 Å². The van der Waals surface area contributed by atoms with Crippen molar-refractivity contribution in [2.75, 3.05) is 29.9 Å². The summed E-state index contributed by atoms with van der Waals surface area (Å²) < 4.78 is 20.5. The molecule has 182 valence electrons. The minimum atomic E-state index is -1.42. The van der Waals surface area contributed by atoms with Gasteiger partial charge in [0.15, 0.2) is 0 Å². The third-order valence-corrected chi connectivity index (χ3v) is 5.49. The van der Waals surface area contributed by atoms with E-state index in [4.69, 9.17) is 9.84 Å². The Kier molecular flexibility index (Phi) is 7.19. The molecule has 1 aliphatic carbocycles. The smallest absolute Gasteiger partial charge is 0.423 e. The predicted octanol–water partition coefficient (Wildman–Crippen LogP) is 2.97. The molecular weight excluding hydrogens is 433 g/mol. The molecule has 1 saturated heterocycles. The molecule has 1 atom stereocenters. The molecule has 3 amide bonds. The number of halogens is 1. The van der Waals surface area contributed by atoms with E-state index in [0.29, 0.717) is 36.6 Å². The van der Waals surface area contributed by atoms with Crippen molar-refractivity contribution >= 4 is 29.5 Å². The van der Waals surface area contributed by atoms with Crippen LogP contribution in [0.5, 0.6) is 0 Å². The minimum Gasteiger partial charge on any atom is -0.464 e. The Hall–Kier alpha value is -3.24. The Morgan fingerprint density at radius 1 is 1.21 bits per heavy atom. The van der Waals surface area contributed by atoms with Crippen molar-refractivity contribution in [1.29, 1.82) is 0 Å². The lowest BCUT2D eigenvalue weighted by Gasteiger charge is -2.25. The fourth-order valence-corrected chi connectivity index (χ4v) is 3.87. The van der Waals surface area contributed by atoms with Gasteiger partial charge in [-0.05, 0) is 64.5 Å². The van der Waals surface area contributed by atoms with Gasteiger partial charge in [-0.3, -0.25) is 10.2 Å². The first kappa shape index (κ1) is 24.4. The topological polar surface area (TPSA) is 132 Å². The van der Waals surface area contributed by atoms with E-state index in [1.165, 1.54) is 0 Å². The highest BCUT2D eigenvalue weighted by Gasteiger charge is 2.31. The second-order valence-electron chi connectivity index (χ2n) is 9.54. The van der Waals surface area contributed by atoms with Gasteiger partial charge in [0, 0.05) is 25.7 Å². The number of nitrogens with one attached hydrogen (secondary N) is 4.